The number of carbonyl (C=O) groups excluding carboxylic acids is 2. The Bertz CT molecular complexity index is 828. The van der Waals surface area contributed by atoms with E-state index in [0.717, 1.165) is 45.4 Å². The summed E-state index contributed by atoms with van der Waals surface area (Å²) in [4.78, 5) is 30.7. The van der Waals surface area contributed by atoms with Gasteiger partial charge in [0, 0.05) is 69.2 Å². The SMILES string of the molecule is CCOC(=O)N1CCN(C(=O)c2ccc(N3CCC(N[C@@H]4CCOC(C)(C)C4)CC3)cc2)CC1. The van der Waals surface area contributed by atoms with Gasteiger partial charge in [-0.2, -0.15) is 0 Å². The fourth-order valence-corrected chi connectivity index (χ4v) is 5.32. The molecule has 3 heterocycles. The molecule has 0 spiro atoms. The Morgan fingerprint density at radius 2 is 1.62 bits per heavy atom. The van der Waals surface area contributed by atoms with Gasteiger partial charge in [0.1, 0.15) is 0 Å². The second kappa shape index (κ2) is 11.0. The van der Waals surface area contributed by atoms with Gasteiger partial charge in [-0.3, -0.25) is 4.79 Å². The summed E-state index contributed by atoms with van der Waals surface area (Å²) in [6.45, 7) is 11.5. The first-order valence-electron chi connectivity index (χ1n) is 12.8. The summed E-state index contributed by atoms with van der Waals surface area (Å²) in [5, 5.41) is 3.87. The van der Waals surface area contributed by atoms with Crippen LogP contribution in [-0.4, -0.2) is 92.0 Å². The predicted molar refractivity (Wildman–Crippen MR) is 132 cm³/mol. The van der Waals surface area contributed by atoms with Gasteiger partial charge in [0.25, 0.3) is 5.91 Å². The van der Waals surface area contributed by atoms with Crippen molar-refractivity contribution in [1.29, 1.82) is 0 Å². The summed E-state index contributed by atoms with van der Waals surface area (Å²) < 4.78 is 10.9. The molecule has 0 unspecified atom stereocenters. The van der Waals surface area contributed by atoms with Gasteiger partial charge in [0.2, 0.25) is 0 Å². The third-order valence-corrected chi connectivity index (χ3v) is 7.24. The summed E-state index contributed by atoms with van der Waals surface area (Å²) in [5.41, 5.74) is 1.85. The third-order valence-electron chi connectivity index (χ3n) is 7.24. The predicted octanol–water partition coefficient (Wildman–Crippen LogP) is 3.12. The molecule has 3 aliphatic heterocycles. The largest absolute Gasteiger partial charge is 0.450 e. The van der Waals surface area contributed by atoms with Crippen LogP contribution in [-0.2, 0) is 9.47 Å². The molecule has 4 rings (SSSR count). The van der Waals surface area contributed by atoms with Crippen LogP contribution >= 0.6 is 0 Å². The Balaban J connectivity index is 1.23. The van der Waals surface area contributed by atoms with Crippen LogP contribution in [0.25, 0.3) is 0 Å². The monoisotopic (exact) mass is 472 g/mol. The molecular weight excluding hydrogens is 432 g/mol. The van der Waals surface area contributed by atoms with Crippen LogP contribution in [0.5, 0.6) is 0 Å². The van der Waals surface area contributed by atoms with Gasteiger partial charge in [-0.25, -0.2) is 4.79 Å². The van der Waals surface area contributed by atoms with Crippen molar-refractivity contribution in [3.63, 3.8) is 0 Å². The summed E-state index contributed by atoms with van der Waals surface area (Å²) in [6, 6.07) is 9.11. The topological polar surface area (TPSA) is 74.4 Å². The molecule has 0 saturated carbocycles. The van der Waals surface area contributed by atoms with Crippen LogP contribution in [0.4, 0.5) is 10.5 Å². The Kier molecular flexibility index (Phi) is 7.99. The van der Waals surface area contributed by atoms with E-state index in [4.69, 9.17) is 9.47 Å². The molecule has 1 aromatic rings. The lowest BCUT2D eigenvalue weighted by Gasteiger charge is -2.40. The highest BCUT2D eigenvalue weighted by molar-refractivity contribution is 5.94. The molecule has 188 valence electrons. The Morgan fingerprint density at radius 3 is 2.24 bits per heavy atom. The molecule has 1 N–H and O–H groups in total. The number of ether oxygens (including phenoxy) is 2. The first-order chi connectivity index (χ1) is 16.3. The second-order valence-corrected chi connectivity index (χ2v) is 10.3. The smallest absolute Gasteiger partial charge is 0.409 e. The third kappa shape index (κ3) is 6.21. The number of piperazine rings is 1. The van der Waals surface area contributed by atoms with E-state index < -0.39 is 0 Å². The van der Waals surface area contributed by atoms with Crippen molar-refractivity contribution in [2.45, 2.75) is 64.1 Å². The Morgan fingerprint density at radius 1 is 0.971 bits per heavy atom. The zero-order valence-electron chi connectivity index (χ0n) is 20.9. The summed E-state index contributed by atoms with van der Waals surface area (Å²) in [7, 11) is 0. The minimum absolute atomic E-state index is 0.0235. The Hall–Kier alpha value is -2.32. The van der Waals surface area contributed by atoms with Gasteiger partial charge in [-0.15, -0.1) is 0 Å². The number of amides is 2. The highest BCUT2D eigenvalue weighted by Gasteiger charge is 2.31. The number of piperidine rings is 1. The van der Waals surface area contributed by atoms with Crippen LogP contribution in [0.3, 0.4) is 0 Å². The van der Waals surface area contributed by atoms with Crippen molar-refractivity contribution >= 4 is 17.7 Å². The maximum atomic E-state index is 12.9. The van der Waals surface area contributed by atoms with Crippen molar-refractivity contribution in [2.24, 2.45) is 0 Å². The van der Waals surface area contributed by atoms with E-state index in [9.17, 15) is 9.59 Å². The van der Waals surface area contributed by atoms with Crippen molar-refractivity contribution in [1.82, 2.24) is 15.1 Å². The molecule has 34 heavy (non-hydrogen) atoms. The minimum atomic E-state index is -0.297. The number of rotatable bonds is 5. The molecule has 3 fully saturated rings. The van der Waals surface area contributed by atoms with E-state index in [1.807, 2.05) is 17.0 Å². The molecule has 0 bridgehead atoms. The normalized spacial score (nSPS) is 23.6. The van der Waals surface area contributed by atoms with Gasteiger partial charge in [-0.05, 0) is 70.7 Å². The van der Waals surface area contributed by atoms with Crippen molar-refractivity contribution < 1.29 is 19.1 Å². The average Bonchev–Trinajstić information content (AvgIpc) is 2.84. The summed E-state index contributed by atoms with van der Waals surface area (Å²) in [5.74, 6) is 0.0253. The lowest BCUT2D eigenvalue weighted by molar-refractivity contribution is -0.0644. The van der Waals surface area contributed by atoms with Gasteiger partial charge < -0.3 is 29.5 Å². The molecular formula is C26H40N4O4. The Labute approximate surface area is 203 Å². The molecule has 8 heteroatoms. The number of carbonyl (C=O) groups is 2. The number of hydrogen-bond donors (Lipinski definition) is 1. The lowest BCUT2D eigenvalue weighted by atomic mass is 9.92. The van der Waals surface area contributed by atoms with Gasteiger partial charge in [0.15, 0.2) is 0 Å². The fourth-order valence-electron chi connectivity index (χ4n) is 5.32. The first-order valence-corrected chi connectivity index (χ1v) is 12.8. The zero-order valence-corrected chi connectivity index (χ0v) is 20.9. The number of hydrogen-bond acceptors (Lipinski definition) is 6. The zero-order chi connectivity index (χ0) is 24.1. The molecule has 3 saturated heterocycles. The maximum Gasteiger partial charge on any atom is 0.409 e. The molecule has 0 aromatic heterocycles. The van der Waals surface area contributed by atoms with Crippen LogP contribution in [0.2, 0.25) is 0 Å². The molecule has 1 aromatic carbocycles. The molecule has 1 atom stereocenters. The highest BCUT2D eigenvalue weighted by Crippen LogP contribution is 2.26. The maximum absolute atomic E-state index is 12.9. The quantitative estimate of drug-likeness (QED) is 0.710. The van der Waals surface area contributed by atoms with Crippen LogP contribution in [0.15, 0.2) is 24.3 Å². The van der Waals surface area contributed by atoms with Crippen molar-refractivity contribution in [2.75, 3.05) is 57.4 Å². The number of anilines is 1. The van der Waals surface area contributed by atoms with E-state index >= 15 is 0 Å². The van der Waals surface area contributed by atoms with Crippen molar-refractivity contribution in [3.8, 4) is 0 Å². The number of benzene rings is 1. The van der Waals surface area contributed by atoms with Crippen LogP contribution in [0, 0.1) is 0 Å². The molecule has 2 amide bonds. The molecule has 0 radical (unpaired) electrons. The molecule has 0 aliphatic carbocycles. The van der Waals surface area contributed by atoms with E-state index in [2.05, 4.69) is 36.2 Å². The van der Waals surface area contributed by atoms with Gasteiger partial charge in [0.05, 0.1) is 12.2 Å². The standard InChI is InChI=1S/C26H40N4O4/c1-4-33-25(32)30-16-14-29(15-17-30)24(31)20-5-7-23(8-6-20)28-12-9-21(10-13-28)27-22-11-18-34-26(2,3)19-22/h5-8,21-22,27H,4,9-19H2,1-3H3/t22-/m1/s1. The van der Waals surface area contributed by atoms with Crippen LogP contribution in [0.1, 0.15) is 56.8 Å². The number of nitrogens with one attached hydrogen (secondary N) is 1. The lowest BCUT2D eigenvalue weighted by Crippen LogP contribution is -2.51. The van der Waals surface area contributed by atoms with Gasteiger partial charge >= 0.3 is 6.09 Å². The summed E-state index contributed by atoms with van der Waals surface area (Å²) in [6.07, 6.45) is 4.12. The van der Waals surface area contributed by atoms with E-state index in [-0.39, 0.29) is 17.6 Å². The van der Waals surface area contributed by atoms with Gasteiger partial charge in [-0.1, -0.05) is 0 Å². The van der Waals surface area contributed by atoms with E-state index in [0.29, 0.717) is 50.4 Å². The second-order valence-electron chi connectivity index (χ2n) is 10.3. The molecule has 3 aliphatic rings. The summed E-state index contributed by atoms with van der Waals surface area (Å²) >= 11 is 0. The highest BCUT2D eigenvalue weighted by atomic mass is 16.6. The first kappa shape index (κ1) is 24.8. The number of nitrogens with zero attached hydrogens (tertiary/aromatic N) is 3. The minimum Gasteiger partial charge on any atom is -0.450 e. The fraction of sp³-hybridized carbons (Fsp3) is 0.692. The van der Waals surface area contributed by atoms with Crippen LogP contribution < -0.4 is 10.2 Å². The van der Waals surface area contributed by atoms with Crippen molar-refractivity contribution in [3.05, 3.63) is 29.8 Å². The van der Waals surface area contributed by atoms with E-state index in [1.165, 1.54) is 5.69 Å². The molecule has 8 nitrogen and oxygen atoms in total. The van der Waals surface area contributed by atoms with E-state index in [1.54, 1.807) is 11.8 Å². The average molecular weight is 473 g/mol.